The smallest absolute Gasteiger partial charge is 0.118 e. The Morgan fingerprint density at radius 3 is 2.44 bits per heavy atom. The minimum atomic E-state index is 0.765. The predicted octanol–water partition coefficient (Wildman–Crippen LogP) is 3.28. The first-order valence-electron chi connectivity index (χ1n) is 5.69. The largest absolute Gasteiger partial charge is 0.497 e. The SMILES string of the molecule is COCC1=C(c2ccc(OC)cc2)CCC1. The van der Waals surface area contributed by atoms with Gasteiger partial charge in [-0.1, -0.05) is 12.1 Å². The molecule has 0 radical (unpaired) electrons. The second-order valence-corrected chi connectivity index (χ2v) is 4.10. The number of ether oxygens (including phenoxy) is 2. The van der Waals surface area contributed by atoms with E-state index in [0.29, 0.717) is 0 Å². The van der Waals surface area contributed by atoms with Gasteiger partial charge in [-0.15, -0.1) is 0 Å². The van der Waals surface area contributed by atoms with E-state index >= 15 is 0 Å². The monoisotopic (exact) mass is 218 g/mol. The fourth-order valence-electron chi connectivity index (χ4n) is 2.28. The quantitative estimate of drug-likeness (QED) is 0.772. The fourth-order valence-corrected chi connectivity index (χ4v) is 2.28. The van der Waals surface area contributed by atoms with Crippen molar-refractivity contribution in [1.82, 2.24) is 0 Å². The first kappa shape index (κ1) is 11.2. The molecule has 0 aliphatic heterocycles. The summed E-state index contributed by atoms with van der Waals surface area (Å²) in [5.74, 6) is 0.913. The Kier molecular flexibility index (Phi) is 3.62. The third-order valence-electron chi connectivity index (χ3n) is 3.09. The average molecular weight is 218 g/mol. The number of rotatable bonds is 4. The molecule has 0 bridgehead atoms. The Labute approximate surface area is 96.9 Å². The van der Waals surface area contributed by atoms with Crippen LogP contribution in [0.25, 0.3) is 5.57 Å². The molecule has 0 amide bonds. The van der Waals surface area contributed by atoms with E-state index in [2.05, 4.69) is 12.1 Å². The summed E-state index contributed by atoms with van der Waals surface area (Å²) in [6, 6.07) is 8.31. The summed E-state index contributed by atoms with van der Waals surface area (Å²) in [5.41, 5.74) is 4.22. The van der Waals surface area contributed by atoms with E-state index in [1.165, 1.54) is 36.0 Å². The normalized spacial score (nSPS) is 15.6. The van der Waals surface area contributed by atoms with Crippen LogP contribution in [0.3, 0.4) is 0 Å². The summed E-state index contributed by atoms with van der Waals surface area (Å²) in [6.45, 7) is 0.765. The number of hydrogen-bond acceptors (Lipinski definition) is 2. The number of benzene rings is 1. The van der Waals surface area contributed by atoms with Gasteiger partial charge in [0.25, 0.3) is 0 Å². The van der Waals surface area contributed by atoms with Crippen molar-refractivity contribution >= 4 is 5.57 Å². The van der Waals surface area contributed by atoms with Crippen molar-refractivity contribution in [2.24, 2.45) is 0 Å². The van der Waals surface area contributed by atoms with Gasteiger partial charge in [0, 0.05) is 7.11 Å². The highest BCUT2D eigenvalue weighted by Crippen LogP contribution is 2.34. The van der Waals surface area contributed by atoms with Crippen LogP contribution in [0.2, 0.25) is 0 Å². The van der Waals surface area contributed by atoms with Gasteiger partial charge in [-0.3, -0.25) is 0 Å². The molecule has 0 saturated carbocycles. The number of allylic oxidation sites excluding steroid dienone is 1. The van der Waals surface area contributed by atoms with Crippen molar-refractivity contribution in [2.45, 2.75) is 19.3 Å². The molecule has 1 aromatic carbocycles. The van der Waals surface area contributed by atoms with Crippen LogP contribution in [-0.2, 0) is 4.74 Å². The van der Waals surface area contributed by atoms with E-state index in [0.717, 1.165) is 12.4 Å². The van der Waals surface area contributed by atoms with Gasteiger partial charge in [0.1, 0.15) is 5.75 Å². The molecule has 0 N–H and O–H groups in total. The van der Waals surface area contributed by atoms with Crippen LogP contribution >= 0.6 is 0 Å². The van der Waals surface area contributed by atoms with Crippen LogP contribution in [0.5, 0.6) is 5.75 Å². The van der Waals surface area contributed by atoms with Crippen LogP contribution in [0, 0.1) is 0 Å². The molecule has 1 aliphatic rings. The molecule has 0 saturated heterocycles. The number of methoxy groups -OCH3 is 2. The van der Waals surface area contributed by atoms with Crippen molar-refractivity contribution in [3.05, 3.63) is 35.4 Å². The highest BCUT2D eigenvalue weighted by atomic mass is 16.5. The molecule has 0 spiro atoms. The maximum Gasteiger partial charge on any atom is 0.118 e. The third kappa shape index (κ3) is 2.27. The molecule has 0 unspecified atom stereocenters. The van der Waals surface area contributed by atoms with Crippen molar-refractivity contribution in [3.8, 4) is 5.75 Å². The molecule has 1 aliphatic carbocycles. The lowest BCUT2D eigenvalue weighted by atomic mass is 10.0. The summed E-state index contributed by atoms with van der Waals surface area (Å²) in [5, 5.41) is 0. The van der Waals surface area contributed by atoms with E-state index in [4.69, 9.17) is 9.47 Å². The van der Waals surface area contributed by atoms with Crippen LogP contribution in [0.15, 0.2) is 29.8 Å². The summed E-state index contributed by atoms with van der Waals surface area (Å²) in [4.78, 5) is 0. The van der Waals surface area contributed by atoms with E-state index in [9.17, 15) is 0 Å². The molecule has 0 atom stereocenters. The fraction of sp³-hybridized carbons (Fsp3) is 0.429. The summed E-state index contributed by atoms with van der Waals surface area (Å²) in [7, 11) is 3.46. The van der Waals surface area contributed by atoms with Crippen molar-refractivity contribution in [1.29, 1.82) is 0 Å². The van der Waals surface area contributed by atoms with Crippen molar-refractivity contribution in [3.63, 3.8) is 0 Å². The Balaban J connectivity index is 2.24. The Bertz CT molecular complexity index is 376. The van der Waals surface area contributed by atoms with E-state index in [-0.39, 0.29) is 0 Å². The molecular formula is C14H18O2. The molecule has 2 nitrogen and oxygen atoms in total. The zero-order chi connectivity index (χ0) is 11.4. The second-order valence-electron chi connectivity index (χ2n) is 4.10. The predicted molar refractivity (Wildman–Crippen MR) is 65.6 cm³/mol. The van der Waals surface area contributed by atoms with Crippen molar-refractivity contribution in [2.75, 3.05) is 20.8 Å². The lowest BCUT2D eigenvalue weighted by Crippen LogP contribution is -1.94. The minimum Gasteiger partial charge on any atom is -0.497 e. The van der Waals surface area contributed by atoms with Crippen LogP contribution < -0.4 is 4.74 Å². The molecule has 0 fully saturated rings. The maximum atomic E-state index is 5.24. The molecule has 0 aromatic heterocycles. The van der Waals surface area contributed by atoms with Crippen LogP contribution in [0.1, 0.15) is 24.8 Å². The first-order valence-corrected chi connectivity index (χ1v) is 5.69. The maximum absolute atomic E-state index is 5.24. The highest BCUT2D eigenvalue weighted by molar-refractivity contribution is 5.71. The summed E-state index contributed by atoms with van der Waals surface area (Å²) < 4.78 is 10.4. The Morgan fingerprint density at radius 2 is 1.81 bits per heavy atom. The molecule has 86 valence electrons. The van der Waals surface area contributed by atoms with Gasteiger partial charge in [-0.05, 0) is 48.1 Å². The summed E-state index contributed by atoms with van der Waals surface area (Å²) >= 11 is 0. The molecule has 0 heterocycles. The molecule has 1 aromatic rings. The minimum absolute atomic E-state index is 0.765. The average Bonchev–Trinajstić information content (AvgIpc) is 2.78. The van der Waals surface area contributed by atoms with Gasteiger partial charge < -0.3 is 9.47 Å². The van der Waals surface area contributed by atoms with Gasteiger partial charge in [0.05, 0.1) is 13.7 Å². The molecule has 2 rings (SSSR count). The van der Waals surface area contributed by atoms with Gasteiger partial charge >= 0.3 is 0 Å². The zero-order valence-electron chi connectivity index (χ0n) is 9.95. The highest BCUT2D eigenvalue weighted by Gasteiger charge is 2.15. The Morgan fingerprint density at radius 1 is 1.06 bits per heavy atom. The Hall–Kier alpha value is -1.28. The van der Waals surface area contributed by atoms with Gasteiger partial charge in [-0.2, -0.15) is 0 Å². The standard InChI is InChI=1S/C14H18O2/c1-15-10-12-4-3-5-14(12)11-6-8-13(16-2)9-7-11/h6-9H,3-5,10H2,1-2H3. The van der Waals surface area contributed by atoms with E-state index < -0.39 is 0 Å². The van der Waals surface area contributed by atoms with Gasteiger partial charge in [-0.25, -0.2) is 0 Å². The van der Waals surface area contributed by atoms with Crippen LogP contribution in [-0.4, -0.2) is 20.8 Å². The summed E-state index contributed by atoms with van der Waals surface area (Å²) in [6.07, 6.45) is 3.60. The second kappa shape index (κ2) is 5.17. The molecule has 16 heavy (non-hydrogen) atoms. The van der Waals surface area contributed by atoms with Gasteiger partial charge in [0.15, 0.2) is 0 Å². The molecular weight excluding hydrogens is 200 g/mol. The van der Waals surface area contributed by atoms with Crippen molar-refractivity contribution < 1.29 is 9.47 Å². The van der Waals surface area contributed by atoms with Crippen LogP contribution in [0.4, 0.5) is 0 Å². The lowest BCUT2D eigenvalue weighted by molar-refractivity contribution is 0.224. The van der Waals surface area contributed by atoms with E-state index in [1.807, 2.05) is 12.1 Å². The van der Waals surface area contributed by atoms with Gasteiger partial charge in [0.2, 0.25) is 0 Å². The molecule has 2 heteroatoms. The van der Waals surface area contributed by atoms with E-state index in [1.54, 1.807) is 14.2 Å². The zero-order valence-corrected chi connectivity index (χ0v) is 9.95. The lowest BCUT2D eigenvalue weighted by Gasteiger charge is -2.08. The first-order chi connectivity index (χ1) is 7.85. The topological polar surface area (TPSA) is 18.5 Å². The third-order valence-corrected chi connectivity index (χ3v) is 3.09. The number of hydrogen-bond donors (Lipinski definition) is 0.